The zero-order chi connectivity index (χ0) is 9.97. The molecule has 1 atom stereocenters. The van der Waals surface area contributed by atoms with Crippen molar-refractivity contribution in [2.75, 3.05) is 0 Å². The highest BCUT2D eigenvalue weighted by molar-refractivity contribution is 5.74. The van der Waals surface area contributed by atoms with Crippen LogP contribution in [0.5, 0.6) is 0 Å². The van der Waals surface area contributed by atoms with Gasteiger partial charge >= 0.3 is 0 Å². The summed E-state index contributed by atoms with van der Waals surface area (Å²) in [4.78, 5) is 11.0. The average Bonchev–Trinajstić information content (AvgIpc) is 2.18. The molecule has 2 rings (SSSR count). The fourth-order valence-corrected chi connectivity index (χ4v) is 1.80. The Morgan fingerprint density at radius 1 is 1.43 bits per heavy atom. The molecule has 2 nitrogen and oxygen atoms in total. The molecule has 1 aromatic rings. The molecule has 0 radical (unpaired) electrons. The molecule has 0 bridgehead atoms. The summed E-state index contributed by atoms with van der Waals surface area (Å²) in [6, 6.07) is 8.26. The molecule has 1 N–H and O–H groups in total. The Balaban J connectivity index is 2.31. The molecule has 1 unspecified atom stereocenters. The Labute approximate surface area is 83.6 Å². The third-order valence-corrected chi connectivity index (χ3v) is 2.42. The largest absolute Gasteiger partial charge is 0.346 e. The first-order valence-electron chi connectivity index (χ1n) is 4.79. The first-order chi connectivity index (χ1) is 6.77. The van der Waals surface area contributed by atoms with Gasteiger partial charge in [0.1, 0.15) is 0 Å². The van der Waals surface area contributed by atoms with E-state index in [0.29, 0.717) is 0 Å². The van der Waals surface area contributed by atoms with Crippen LogP contribution in [0.4, 0.5) is 0 Å². The van der Waals surface area contributed by atoms with Crippen LogP contribution in [-0.2, 0) is 11.2 Å². The van der Waals surface area contributed by atoms with Gasteiger partial charge in [0, 0.05) is 6.92 Å². The summed E-state index contributed by atoms with van der Waals surface area (Å²) in [6.07, 6.45) is 5.11. The summed E-state index contributed by atoms with van der Waals surface area (Å²) in [6.45, 7) is 1.55. The smallest absolute Gasteiger partial charge is 0.217 e. The van der Waals surface area contributed by atoms with Crippen molar-refractivity contribution in [2.24, 2.45) is 0 Å². The van der Waals surface area contributed by atoms with Gasteiger partial charge in [0.05, 0.1) is 6.04 Å². The zero-order valence-electron chi connectivity index (χ0n) is 8.16. The highest BCUT2D eigenvalue weighted by Gasteiger charge is 2.15. The van der Waals surface area contributed by atoms with Crippen LogP contribution in [0.15, 0.2) is 36.4 Å². The number of hydrogen-bond donors (Lipinski definition) is 1. The lowest BCUT2D eigenvalue weighted by atomic mass is 9.93. The van der Waals surface area contributed by atoms with Gasteiger partial charge in [-0.05, 0) is 17.5 Å². The molecule has 1 aromatic carbocycles. The normalized spacial score (nSPS) is 18.8. The van der Waals surface area contributed by atoms with Gasteiger partial charge in [0.15, 0.2) is 0 Å². The number of amides is 1. The van der Waals surface area contributed by atoms with E-state index >= 15 is 0 Å². The molecule has 2 heteroatoms. The quantitative estimate of drug-likeness (QED) is 0.669. The zero-order valence-corrected chi connectivity index (χ0v) is 8.16. The van der Waals surface area contributed by atoms with E-state index in [9.17, 15) is 4.79 Å². The minimum atomic E-state index is 0.0105. The fourth-order valence-electron chi connectivity index (χ4n) is 1.80. The van der Waals surface area contributed by atoms with Gasteiger partial charge in [-0.3, -0.25) is 4.79 Å². The molecule has 0 aliphatic heterocycles. The van der Waals surface area contributed by atoms with Crippen molar-refractivity contribution in [3.63, 3.8) is 0 Å². The third kappa shape index (κ3) is 1.69. The number of carbonyl (C=O) groups excluding carboxylic acids is 1. The molecule has 0 saturated carbocycles. The Morgan fingerprint density at radius 3 is 3.00 bits per heavy atom. The van der Waals surface area contributed by atoms with Crippen molar-refractivity contribution < 1.29 is 4.79 Å². The predicted octanol–water partition coefficient (Wildman–Crippen LogP) is 1.98. The lowest BCUT2D eigenvalue weighted by molar-refractivity contribution is -0.119. The van der Waals surface area contributed by atoms with Gasteiger partial charge in [-0.25, -0.2) is 0 Å². The van der Waals surface area contributed by atoms with Gasteiger partial charge in [-0.15, -0.1) is 0 Å². The molecule has 1 aliphatic carbocycles. The van der Waals surface area contributed by atoms with Crippen molar-refractivity contribution in [3.05, 3.63) is 47.5 Å². The monoisotopic (exact) mass is 187 g/mol. The molecule has 1 amide bonds. The number of nitrogens with one attached hydrogen (secondary N) is 1. The second kappa shape index (κ2) is 3.66. The first kappa shape index (κ1) is 9.00. The maximum Gasteiger partial charge on any atom is 0.217 e. The SMILES string of the molecule is CC(=O)NC1C=CCc2ccccc21. The highest BCUT2D eigenvalue weighted by atomic mass is 16.1. The number of hydrogen-bond acceptors (Lipinski definition) is 1. The molecule has 72 valence electrons. The van der Waals surface area contributed by atoms with Gasteiger partial charge in [-0.2, -0.15) is 0 Å². The molecule has 0 fully saturated rings. The van der Waals surface area contributed by atoms with E-state index in [2.05, 4.69) is 23.5 Å². The van der Waals surface area contributed by atoms with Crippen LogP contribution in [0.1, 0.15) is 24.1 Å². The summed E-state index contributed by atoms with van der Waals surface area (Å²) >= 11 is 0. The van der Waals surface area contributed by atoms with Crippen LogP contribution in [0.3, 0.4) is 0 Å². The summed E-state index contributed by atoms with van der Waals surface area (Å²) in [5, 5.41) is 2.91. The van der Waals surface area contributed by atoms with E-state index in [1.165, 1.54) is 11.1 Å². The van der Waals surface area contributed by atoms with Crippen molar-refractivity contribution >= 4 is 5.91 Å². The lowest BCUT2D eigenvalue weighted by Crippen LogP contribution is -2.26. The lowest BCUT2D eigenvalue weighted by Gasteiger charge is -2.21. The fraction of sp³-hybridized carbons (Fsp3) is 0.250. The maximum absolute atomic E-state index is 11.0. The summed E-state index contributed by atoms with van der Waals surface area (Å²) in [5.41, 5.74) is 2.51. The first-order valence-corrected chi connectivity index (χ1v) is 4.79. The molecule has 14 heavy (non-hydrogen) atoms. The van der Waals surface area contributed by atoms with Crippen LogP contribution in [-0.4, -0.2) is 5.91 Å². The maximum atomic E-state index is 11.0. The minimum absolute atomic E-state index is 0.0105. The van der Waals surface area contributed by atoms with Crippen LogP contribution in [0, 0.1) is 0 Å². The van der Waals surface area contributed by atoms with Gasteiger partial charge < -0.3 is 5.32 Å². The number of carbonyl (C=O) groups is 1. The summed E-state index contributed by atoms with van der Waals surface area (Å²) < 4.78 is 0. The van der Waals surface area contributed by atoms with Crippen molar-refractivity contribution in [1.29, 1.82) is 0 Å². The Kier molecular flexibility index (Phi) is 2.35. The second-order valence-corrected chi connectivity index (χ2v) is 3.51. The molecule has 1 aliphatic rings. The Bertz CT molecular complexity index is 382. The molecule has 0 heterocycles. The number of fused-ring (bicyclic) bond motifs is 1. The molecule has 0 saturated heterocycles. The third-order valence-electron chi connectivity index (χ3n) is 2.42. The molecular formula is C12H13NO. The van der Waals surface area contributed by atoms with E-state index in [4.69, 9.17) is 0 Å². The van der Waals surface area contributed by atoms with Crippen molar-refractivity contribution in [1.82, 2.24) is 5.32 Å². The standard InChI is InChI=1S/C12H13NO/c1-9(14)13-12-8-4-6-10-5-2-3-7-11(10)12/h2-5,7-8,12H,6H2,1H3,(H,13,14). The molecule has 0 aromatic heterocycles. The summed E-state index contributed by atoms with van der Waals surface area (Å²) in [7, 11) is 0. The van der Waals surface area contributed by atoms with Crippen molar-refractivity contribution in [3.8, 4) is 0 Å². The van der Waals surface area contributed by atoms with Crippen LogP contribution in [0.25, 0.3) is 0 Å². The van der Waals surface area contributed by atoms with Crippen molar-refractivity contribution in [2.45, 2.75) is 19.4 Å². The van der Waals surface area contributed by atoms with Gasteiger partial charge in [-0.1, -0.05) is 36.4 Å². The van der Waals surface area contributed by atoms with Gasteiger partial charge in [0.25, 0.3) is 0 Å². The topological polar surface area (TPSA) is 29.1 Å². The van der Waals surface area contributed by atoms with E-state index in [1.54, 1.807) is 6.92 Å². The van der Waals surface area contributed by atoms with E-state index in [-0.39, 0.29) is 11.9 Å². The average molecular weight is 187 g/mol. The Hall–Kier alpha value is -1.57. The number of allylic oxidation sites excluding steroid dienone is 1. The van der Waals surface area contributed by atoms with E-state index < -0.39 is 0 Å². The van der Waals surface area contributed by atoms with Crippen LogP contribution >= 0.6 is 0 Å². The number of benzene rings is 1. The van der Waals surface area contributed by atoms with Crippen LogP contribution < -0.4 is 5.32 Å². The highest BCUT2D eigenvalue weighted by Crippen LogP contribution is 2.24. The minimum Gasteiger partial charge on any atom is -0.346 e. The van der Waals surface area contributed by atoms with E-state index in [0.717, 1.165) is 6.42 Å². The Morgan fingerprint density at radius 2 is 2.21 bits per heavy atom. The van der Waals surface area contributed by atoms with E-state index in [1.807, 2.05) is 18.2 Å². The second-order valence-electron chi connectivity index (χ2n) is 3.51. The summed E-state index contributed by atoms with van der Waals surface area (Å²) in [5.74, 6) is 0.0105. The molecular weight excluding hydrogens is 174 g/mol. The molecule has 0 spiro atoms. The number of rotatable bonds is 1. The van der Waals surface area contributed by atoms with Gasteiger partial charge in [0.2, 0.25) is 5.91 Å². The van der Waals surface area contributed by atoms with Crippen LogP contribution in [0.2, 0.25) is 0 Å². The predicted molar refractivity (Wildman–Crippen MR) is 55.8 cm³/mol.